The van der Waals surface area contributed by atoms with Gasteiger partial charge >= 0.3 is 0 Å². The number of nitrogens with zero attached hydrogens (tertiary/aromatic N) is 4. The van der Waals surface area contributed by atoms with Crippen molar-refractivity contribution < 1.29 is 14.6 Å². The summed E-state index contributed by atoms with van der Waals surface area (Å²) in [6.45, 7) is 2.82. The summed E-state index contributed by atoms with van der Waals surface area (Å²) in [5.74, 6) is 1.81. The van der Waals surface area contributed by atoms with Gasteiger partial charge in [0.05, 0.1) is 24.9 Å². The van der Waals surface area contributed by atoms with Gasteiger partial charge in [0.2, 0.25) is 0 Å². The maximum atomic E-state index is 12.8. The number of phenolic OH excluding ortho intramolecular Hbond substituents is 1. The monoisotopic (exact) mass is 342 g/mol. The summed E-state index contributed by atoms with van der Waals surface area (Å²) in [6, 6.07) is 4.70. The second kappa shape index (κ2) is 6.58. The molecule has 1 aromatic carbocycles. The highest BCUT2D eigenvalue weighted by atomic mass is 16.5. The highest BCUT2D eigenvalue weighted by Crippen LogP contribution is 2.29. The van der Waals surface area contributed by atoms with Crippen LogP contribution in [0.25, 0.3) is 0 Å². The minimum absolute atomic E-state index is 0.0806. The van der Waals surface area contributed by atoms with E-state index in [1.54, 1.807) is 17.0 Å². The van der Waals surface area contributed by atoms with Crippen LogP contribution in [0.2, 0.25) is 0 Å². The Hall–Kier alpha value is -2.83. The van der Waals surface area contributed by atoms with Crippen molar-refractivity contribution in [1.29, 1.82) is 0 Å². The molecule has 1 aliphatic rings. The average molecular weight is 342 g/mol. The molecule has 2 aromatic rings. The molecule has 0 spiro atoms. The van der Waals surface area contributed by atoms with E-state index in [9.17, 15) is 9.90 Å². The van der Waals surface area contributed by atoms with Crippen molar-refractivity contribution in [1.82, 2.24) is 14.9 Å². The number of hydrogen-bond donors (Lipinski definition) is 1. The summed E-state index contributed by atoms with van der Waals surface area (Å²) in [5.41, 5.74) is 2.21. The van der Waals surface area contributed by atoms with Crippen LogP contribution in [0.3, 0.4) is 0 Å². The Bertz CT molecular complexity index is 820. The number of aromatic nitrogens is 2. The second-order valence-corrected chi connectivity index (χ2v) is 6.27. The van der Waals surface area contributed by atoms with Gasteiger partial charge < -0.3 is 19.6 Å². The van der Waals surface area contributed by atoms with Gasteiger partial charge in [-0.2, -0.15) is 0 Å². The van der Waals surface area contributed by atoms with Crippen molar-refractivity contribution in [3.05, 3.63) is 40.8 Å². The molecule has 0 aliphatic carbocycles. The molecule has 7 nitrogen and oxygen atoms in total. The SMILES string of the molecule is COc1ccc(C(=O)N2CCc3c(nc(C)nc3N(C)C)C2)c(O)c1. The molecule has 0 bridgehead atoms. The molecule has 0 unspecified atom stereocenters. The maximum Gasteiger partial charge on any atom is 0.257 e. The van der Waals surface area contributed by atoms with Gasteiger partial charge in [-0.1, -0.05) is 0 Å². The van der Waals surface area contributed by atoms with Crippen molar-refractivity contribution in [3.63, 3.8) is 0 Å². The summed E-state index contributed by atoms with van der Waals surface area (Å²) >= 11 is 0. The van der Waals surface area contributed by atoms with E-state index in [0.29, 0.717) is 31.1 Å². The molecule has 1 aliphatic heterocycles. The smallest absolute Gasteiger partial charge is 0.257 e. The van der Waals surface area contributed by atoms with Crippen molar-refractivity contribution in [3.8, 4) is 11.5 Å². The molecule has 2 heterocycles. The Balaban J connectivity index is 1.89. The Morgan fingerprint density at radius 3 is 2.72 bits per heavy atom. The fourth-order valence-corrected chi connectivity index (χ4v) is 3.06. The highest BCUT2D eigenvalue weighted by molar-refractivity contribution is 5.97. The van der Waals surface area contributed by atoms with Crippen LogP contribution in [-0.2, 0) is 13.0 Å². The van der Waals surface area contributed by atoms with Gasteiger partial charge in [0.15, 0.2) is 0 Å². The van der Waals surface area contributed by atoms with E-state index in [1.165, 1.54) is 13.2 Å². The minimum atomic E-state index is -0.214. The number of aromatic hydroxyl groups is 1. The van der Waals surface area contributed by atoms with Gasteiger partial charge in [0.1, 0.15) is 23.1 Å². The average Bonchev–Trinajstić information content (AvgIpc) is 2.59. The molecule has 132 valence electrons. The summed E-state index contributed by atoms with van der Waals surface area (Å²) in [4.78, 5) is 25.5. The summed E-state index contributed by atoms with van der Waals surface area (Å²) in [7, 11) is 5.42. The third-order valence-corrected chi connectivity index (χ3v) is 4.30. The first-order chi connectivity index (χ1) is 11.9. The Morgan fingerprint density at radius 1 is 1.32 bits per heavy atom. The molecule has 1 aromatic heterocycles. The molecular weight excluding hydrogens is 320 g/mol. The fraction of sp³-hybridized carbons (Fsp3) is 0.389. The van der Waals surface area contributed by atoms with Crippen molar-refractivity contribution >= 4 is 11.7 Å². The summed E-state index contributed by atoms with van der Waals surface area (Å²) < 4.78 is 5.06. The first kappa shape index (κ1) is 17.0. The van der Waals surface area contributed by atoms with E-state index in [-0.39, 0.29) is 17.2 Å². The predicted molar refractivity (Wildman–Crippen MR) is 94.2 cm³/mol. The molecule has 1 amide bonds. The molecule has 0 saturated heterocycles. The lowest BCUT2D eigenvalue weighted by molar-refractivity contribution is 0.0728. The number of rotatable bonds is 3. The standard InChI is InChI=1S/C18H22N4O3/c1-11-19-15-10-22(8-7-13(15)17(20-11)21(2)3)18(24)14-6-5-12(25-4)9-16(14)23/h5-6,9,23H,7-8,10H2,1-4H3. The van der Waals surface area contributed by atoms with Crippen molar-refractivity contribution in [2.45, 2.75) is 19.9 Å². The summed E-state index contributed by atoms with van der Waals surface area (Å²) in [5, 5.41) is 10.1. The van der Waals surface area contributed by atoms with Crippen LogP contribution in [0.1, 0.15) is 27.4 Å². The third kappa shape index (κ3) is 3.22. The number of carbonyl (C=O) groups is 1. The number of hydrogen-bond acceptors (Lipinski definition) is 6. The topological polar surface area (TPSA) is 78.8 Å². The van der Waals surface area contributed by atoms with E-state index in [2.05, 4.69) is 9.97 Å². The normalized spacial score (nSPS) is 13.4. The van der Waals surface area contributed by atoms with E-state index < -0.39 is 0 Å². The number of benzene rings is 1. The molecule has 0 fully saturated rings. The van der Waals surface area contributed by atoms with E-state index >= 15 is 0 Å². The van der Waals surface area contributed by atoms with Crippen LogP contribution in [0.15, 0.2) is 18.2 Å². The van der Waals surface area contributed by atoms with Gasteiger partial charge in [-0.25, -0.2) is 9.97 Å². The molecule has 3 rings (SSSR count). The van der Waals surface area contributed by atoms with Crippen LogP contribution < -0.4 is 9.64 Å². The number of anilines is 1. The van der Waals surface area contributed by atoms with Gasteiger partial charge in [0.25, 0.3) is 5.91 Å². The third-order valence-electron chi connectivity index (χ3n) is 4.30. The highest BCUT2D eigenvalue weighted by Gasteiger charge is 2.27. The van der Waals surface area contributed by atoms with Crippen molar-refractivity contribution in [2.75, 3.05) is 32.6 Å². The number of phenols is 1. The number of methoxy groups -OCH3 is 1. The molecule has 0 saturated carbocycles. The van der Waals surface area contributed by atoms with Crippen LogP contribution >= 0.6 is 0 Å². The Morgan fingerprint density at radius 2 is 2.08 bits per heavy atom. The Labute approximate surface area is 146 Å². The van der Waals surface area contributed by atoms with Gasteiger partial charge in [0, 0.05) is 32.3 Å². The fourth-order valence-electron chi connectivity index (χ4n) is 3.06. The van der Waals surface area contributed by atoms with E-state index in [1.807, 2.05) is 25.9 Å². The number of aryl methyl sites for hydroxylation is 1. The Kier molecular flexibility index (Phi) is 4.48. The molecule has 0 atom stereocenters. The first-order valence-corrected chi connectivity index (χ1v) is 8.10. The van der Waals surface area contributed by atoms with Crippen LogP contribution in [0, 0.1) is 6.92 Å². The maximum absolute atomic E-state index is 12.8. The van der Waals surface area contributed by atoms with E-state index in [4.69, 9.17) is 4.74 Å². The zero-order valence-electron chi connectivity index (χ0n) is 14.9. The second-order valence-electron chi connectivity index (χ2n) is 6.27. The predicted octanol–water partition coefficient (Wildman–Crippen LogP) is 1.76. The largest absolute Gasteiger partial charge is 0.507 e. The lowest BCUT2D eigenvalue weighted by atomic mass is 10.0. The quantitative estimate of drug-likeness (QED) is 0.916. The lowest BCUT2D eigenvalue weighted by Gasteiger charge is -2.30. The van der Waals surface area contributed by atoms with Gasteiger partial charge in [-0.05, 0) is 25.5 Å². The molecular formula is C18H22N4O3. The zero-order chi connectivity index (χ0) is 18.1. The zero-order valence-corrected chi connectivity index (χ0v) is 14.9. The molecule has 25 heavy (non-hydrogen) atoms. The van der Waals surface area contributed by atoms with E-state index in [0.717, 1.165) is 17.1 Å². The number of amides is 1. The first-order valence-electron chi connectivity index (χ1n) is 8.10. The number of carbonyl (C=O) groups excluding carboxylic acids is 1. The van der Waals surface area contributed by atoms with Gasteiger partial charge in [-0.15, -0.1) is 0 Å². The van der Waals surface area contributed by atoms with Gasteiger partial charge in [-0.3, -0.25) is 4.79 Å². The molecule has 1 N–H and O–H groups in total. The lowest BCUT2D eigenvalue weighted by Crippen LogP contribution is -2.37. The molecule has 7 heteroatoms. The van der Waals surface area contributed by atoms with Crippen LogP contribution in [-0.4, -0.2) is 53.6 Å². The minimum Gasteiger partial charge on any atom is -0.507 e. The van der Waals surface area contributed by atoms with Crippen LogP contribution in [0.5, 0.6) is 11.5 Å². The number of fused-ring (bicyclic) bond motifs is 1. The summed E-state index contributed by atoms with van der Waals surface area (Å²) in [6.07, 6.45) is 0.686. The molecule has 0 radical (unpaired) electrons. The number of ether oxygens (including phenoxy) is 1. The van der Waals surface area contributed by atoms with Crippen LogP contribution in [0.4, 0.5) is 5.82 Å². The van der Waals surface area contributed by atoms with Crippen molar-refractivity contribution in [2.24, 2.45) is 0 Å².